The molecule has 66 heavy (non-hydrogen) atoms. The zero-order valence-electron chi connectivity index (χ0n) is 35.7. The van der Waals surface area contributed by atoms with Crippen molar-refractivity contribution in [1.82, 2.24) is 19.9 Å². The van der Waals surface area contributed by atoms with Crippen LogP contribution >= 0.6 is 0 Å². The van der Waals surface area contributed by atoms with Crippen molar-refractivity contribution in [2.24, 2.45) is 0 Å². The standard InChI is InChI=1S/C62H38N4/c1-2-18-42-36-46(34-33-39(42)15-1)59-56-38-55(50-27-7-8-28-51(50)58(56)54-29-9-10-32-57(54)63-59)45-23-11-21-43(35-45)44-22-12-24-47(37-44)60-64-61(52-30-13-19-40-16-3-5-25-48(40)52)66-62(65-60)53-31-14-20-41-17-4-6-26-49(41)53/h1-38H. The molecule has 0 saturated heterocycles. The van der Waals surface area contributed by atoms with E-state index in [0.29, 0.717) is 17.5 Å². The molecule has 0 atom stereocenters. The molecule has 0 unspecified atom stereocenters. The number of hydrogen-bond acceptors (Lipinski definition) is 4. The maximum atomic E-state index is 5.39. The molecule has 0 bridgehead atoms. The van der Waals surface area contributed by atoms with Gasteiger partial charge in [-0.1, -0.05) is 200 Å². The Bertz CT molecular complexity index is 3970. The van der Waals surface area contributed by atoms with Crippen LogP contribution in [0.4, 0.5) is 0 Å². The van der Waals surface area contributed by atoms with Gasteiger partial charge in [0.25, 0.3) is 0 Å². The summed E-state index contributed by atoms with van der Waals surface area (Å²) < 4.78 is 0. The van der Waals surface area contributed by atoms with Crippen molar-refractivity contribution in [1.29, 1.82) is 0 Å². The van der Waals surface area contributed by atoms with E-state index in [-0.39, 0.29) is 0 Å². The summed E-state index contributed by atoms with van der Waals surface area (Å²) in [4.78, 5) is 21.1. The van der Waals surface area contributed by atoms with Gasteiger partial charge in [-0.2, -0.15) is 0 Å². The van der Waals surface area contributed by atoms with Crippen molar-refractivity contribution in [2.75, 3.05) is 0 Å². The normalized spacial score (nSPS) is 11.6. The predicted molar refractivity (Wildman–Crippen MR) is 275 cm³/mol. The molecular weight excluding hydrogens is 801 g/mol. The summed E-state index contributed by atoms with van der Waals surface area (Å²) in [5.41, 5.74) is 10.4. The molecule has 0 aliphatic heterocycles. The van der Waals surface area contributed by atoms with Crippen LogP contribution in [0.1, 0.15) is 0 Å². The molecule has 4 nitrogen and oxygen atoms in total. The van der Waals surface area contributed by atoms with Crippen LogP contribution in [0.2, 0.25) is 0 Å². The third-order valence-electron chi connectivity index (χ3n) is 13.1. The number of rotatable bonds is 6. The third-order valence-corrected chi connectivity index (χ3v) is 13.1. The Labute approximate surface area is 381 Å². The van der Waals surface area contributed by atoms with Gasteiger partial charge in [-0.15, -0.1) is 0 Å². The van der Waals surface area contributed by atoms with E-state index in [0.717, 1.165) is 88.0 Å². The van der Waals surface area contributed by atoms with Gasteiger partial charge in [0.15, 0.2) is 17.5 Å². The second-order valence-corrected chi connectivity index (χ2v) is 17.0. The summed E-state index contributed by atoms with van der Waals surface area (Å²) in [5.74, 6) is 1.90. The fraction of sp³-hybridized carbons (Fsp3) is 0. The van der Waals surface area contributed by atoms with Gasteiger partial charge in [0.2, 0.25) is 0 Å². The molecule has 0 fully saturated rings. The quantitative estimate of drug-likeness (QED) is 0.157. The van der Waals surface area contributed by atoms with E-state index in [1.54, 1.807) is 0 Å². The number of pyridine rings is 1. The molecule has 2 aromatic heterocycles. The lowest BCUT2D eigenvalue weighted by atomic mass is 9.89. The van der Waals surface area contributed by atoms with Crippen LogP contribution in [0.25, 0.3) is 132 Å². The largest absolute Gasteiger partial charge is 0.247 e. The maximum Gasteiger partial charge on any atom is 0.164 e. The molecule has 0 N–H and O–H groups in total. The van der Waals surface area contributed by atoms with E-state index in [9.17, 15) is 0 Å². The number of hydrogen-bond donors (Lipinski definition) is 0. The minimum atomic E-state index is 0.621. The van der Waals surface area contributed by atoms with Crippen molar-refractivity contribution in [3.63, 3.8) is 0 Å². The van der Waals surface area contributed by atoms with Gasteiger partial charge in [-0.25, -0.2) is 19.9 Å². The highest BCUT2D eigenvalue weighted by Crippen LogP contribution is 2.43. The molecule has 0 aliphatic carbocycles. The van der Waals surface area contributed by atoms with Crippen LogP contribution in [0.15, 0.2) is 231 Å². The Morgan fingerprint density at radius 3 is 1.42 bits per heavy atom. The molecule has 0 radical (unpaired) electrons. The van der Waals surface area contributed by atoms with Crippen molar-refractivity contribution in [3.05, 3.63) is 231 Å². The van der Waals surface area contributed by atoms with Crippen molar-refractivity contribution in [2.45, 2.75) is 0 Å². The number of aromatic nitrogens is 4. The summed E-state index contributed by atoms with van der Waals surface area (Å²) in [6.45, 7) is 0. The minimum Gasteiger partial charge on any atom is -0.247 e. The number of nitrogens with zero attached hydrogens (tertiary/aromatic N) is 4. The van der Waals surface area contributed by atoms with Crippen LogP contribution in [-0.2, 0) is 0 Å². The summed E-state index contributed by atoms with van der Waals surface area (Å²) in [6, 6.07) is 81.9. The van der Waals surface area contributed by atoms with Crippen molar-refractivity contribution < 1.29 is 0 Å². The number of benzene rings is 11. The predicted octanol–water partition coefficient (Wildman–Crippen LogP) is 16.2. The number of para-hydroxylation sites is 1. The van der Waals surface area contributed by atoms with E-state index in [1.807, 2.05) is 0 Å². The van der Waals surface area contributed by atoms with Gasteiger partial charge in [-0.3, -0.25) is 0 Å². The highest BCUT2D eigenvalue weighted by Gasteiger charge is 2.19. The lowest BCUT2D eigenvalue weighted by Gasteiger charge is -2.17. The summed E-state index contributed by atoms with van der Waals surface area (Å²) in [5, 5.41) is 12.8. The first-order valence-corrected chi connectivity index (χ1v) is 22.4. The van der Waals surface area contributed by atoms with Gasteiger partial charge in [0.1, 0.15) is 0 Å². The summed E-state index contributed by atoms with van der Waals surface area (Å²) >= 11 is 0. The van der Waals surface area contributed by atoms with Gasteiger partial charge in [-0.05, 0) is 95.7 Å². The summed E-state index contributed by atoms with van der Waals surface area (Å²) in [6.07, 6.45) is 0. The summed E-state index contributed by atoms with van der Waals surface area (Å²) in [7, 11) is 0. The van der Waals surface area contributed by atoms with Crippen molar-refractivity contribution in [3.8, 4) is 67.7 Å². The Kier molecular flexibility index (Phi) is 8.81. The fourth-order valence-corrected chi connectivity index (χ4v) is 9.90. The zero-order valence-corrected chi connectivity index (χ0v) is 35.7. The first kappa shape index (κ1) is 37.7. The highest BCUT2D eigenvalue weighted by molar-refractivity contribution is 6.25. The van der Waals surface area contributed by atoms with Gasteiger partial charge < -0.3 is 0 Å². The topological polar surface area (TPSA) is 51.6 Å². The molecule has 11 aromatic carbocycles. The van der Waals surface area contributed by atoms with Gasteiger partial charge >= 0.3 is 0 Å². The maximum absolute atomic E-state index is 5.39. The lowest BCUT2D eigenvalue weighted by molar-refractivity contribution is 1.08. The van der Waals surface area contributed by atoms with Gasteiger partial charge in [0.05, 0.1) is 11.2 Å². The third kappa shape index (κ3) is 6.38. The molecule has 13 rings (SSSR count). The van der Waals surface area contributed by atoms with E-state index >= 15 is 0 Å². The molecular formula is C62H38N4. The molecule has 2 heterocycles. The molecule has 4 heteroatoms. The molecule has 0 amide bonds. The molecule has 13 aromatic rings. The van der Waals surface area contributed by atoms with Crippen LogP contribution in [0.5, 0.6) is 0 Å². The van der Waals surface area contributed by atoms with Crippen LogP contribution in [0.3, 0.4) is 0 Å². The fourth-order valence-electron chi connectivity index (χ4n) is 9.90. The first-order valence-electron chi connectivity index (χ1n) is 22.4. The molecule has 306 valence electrons. The molecule has 0 saturated carbocycles. The van der Waals surface area contributed by atoms with Crippen LogP contribution < -0.4 is 0 Å². The lowest BCUT2D eigenvalue weighted by Crippen LogP contribution is -2.01. The minimum absolute atomic E-state index is 0.621. The Balaban J connectivity index is 0.976. The molecule has 0 spiro atoms. The van der Waals surface area contributed by atoms with E-state index in [4.69, 9.17) is 19.9 Å². The van der Waals surface area contributed by atoms with E-state index in [1.165, 1.54) is 26.9 Å². The molecule has 0 aliphatic rings. The second kappa shape index (κ2) is 15.4. The zero-order chi connectivity index (χ0) is 43.6. The first-order chi connectivity index (χ1) is 32.7. The smallest absolute Gasteiger partial charge is 0.164 e. The Morgan fingerprint density at radius 1 is 0.227 bits per heavy atom. The number of fused-ring (bicyclic) bond motifs is 8. The van der Waals surface area contributed by atoms with Crippen molar-refractivity contribution >= 4 is 64.8 Å². The SMILES string of the molecule is c1cc(-c2cccc(-c3cc4c(-c5ccc6ccccc6c5)nc5ccccc5c4c4ccccc34)c2)cc(-c2nc(-c3cccc4ccccc34)nc(-c3cccc4ccccc34)n2)c1. The van der Waals surface area contributed by atoms with Crippen LogP contribution in [0, 0.1) is 0 Å². The highest BCUT2D eigenvalue weighted by atomic mass is 15.0. The van der Waals surface area contributed by atoms with Crippen LogP contribution in [-0.4, -0.2) is 19.9 Å². The second-order valence-electron chi connectivity index (χ2n) is 17.0. The Morgan fingerprint density at radius 2 is 0.727 bits per heavy atom. The van der Waals surface area contributed by atoms with E-state index < -0.39 is 0 Å². The Hall–Kier alpha value is -8.86. The van der Waals surface area contributed by atoms with E-state index in [2.05, 4.69) is 231 Å². The average Bonchev–Trinajstić information content (AvgIpc) is 3.39. The average molecular weight is 839 g/mol. The monoisotopic (exact) mass is 838 g/mol. The van der Waals surface area contributed by atoms with Gasteiger partial charge in [0, 0.05) is 38.4 Å².